The first kappa shape index (κ1) is 25.5. The van der Waals surface area contributed by atoms with Crippen molar-refractivity contribution < 1.29 is 36.3 Å². The Hall–Kier alpha value is -4.11. The second kappa shape index (κ2) is 10.9. The fourth-order valence-corrected chi connectivity index (χ4v) is 2.90. The fourth-order valence-electron chi connectivity index (χ4n) is 2.90. The van der Waals surface area contributed by atoms with Crippen LogP contribution in [0.4, 0.5) is 27.8 Å². The Morgan fingerprint density at radius 2 is 1.89 bits per heavy atom. The molecule has 2 aromatic heterocycles. The third-order valence-corrected chi connectivity index (χ3v) is 4.46. The van der Waals surface area contributed by atoms with E-state index in [4.69, 9.17) is 0 Å². The van der Waals surface area contributed by atoms with Crippen molar-refractivity contribution in [2.45, 2.75) is 38.5 Å². The predicted octanol–water partition coefficient (Wildman–Crippen LogP) is 1.88. The number of halogens is 5. The highest BCUT2D eigenvalue weighted by molar-refractivity contribution is 5.91. The number of carbonyl (C=O) groups is 2. The fraction of sp³-hybridized carbons (Fsp3) is 0.368. The topological polar surface area (TPSA) is 129 Å². The lowest BCUT2D eigenvalue weighted by atomic mass is 10.1. The molecule has 11 nitrogen and oxygen atoms in total. The SMILES string of the molecule is CNC(=O)c1cn(CC(F)CCn2cc(NC(=O)Cc3cc(OC(F)(F)F)ccc3F)nn2)nn1. The second-order valence-electron chi connectivity index (χ2n) is 7.18. The normalized spacial score (nSPS) is 12.3. The molecule has 2 amide bonds. The van der Waals surface area contributed by atoms with Gasteiger partial charge in [-0.15, -0.1) is 23.4 Å². The van der Waals surface area contributed by atoms with Gasteiger partial charge in [0.25, 0.3) is 5.91 Å². The number of hydrogen-bond donors (Lipinski definition) is 2. The summed E-state index contributed by atoms with van der Waals surface area (Å²) in [7, 11) is 1.43. The lowest BCUT2D eigenvalue weighted by molar-refractivity contribution is -0.274. The molecule has 3 rings (SSSR count). The van der Waals surface area contributed by atoms with Gasteiger partial charge < -0.3 is 15.4 Å². The first-order chi connectivity index (χ1) is 16.5. The van der Waals surface area contributed by atoms with Crippen LogP contribution in [0.3, 0.4) is 0 Å². The predicted molar refractivity (Wildman–Crippen MR) is 108 cm³/mol. The molecule has 2 N–H and O–H groups in total. The summed E-state index contributed by atoms with van der Waals surface area (Å²) in [4.78, 5) is 23.6. The zero-order valence-electron chi connectivity index (χ0n) is 18.1. The molecule has 0 saturated heterocycles. The van der Waals surface area contributed by atoms with Crippen molar-refractivity contribution in [2.75, 3.05) is 12.4 Å². The minimum atomic E-state index is -4.96. The van der Waals surface area contributed by atoms with Crippen molar-refractivity contribution in [3.8, 4) is 5.75 Å². The van der Waals surface area contributed by atoms with Crippen LogP contribution in [0, 0.1) is 5.82 Å². The van der Waals surface area contributed by atoms with Gasteiger partial charge in [-0.3, -0.25) is 14.3 Å². The third-order valence-electron chi connectivity index (χ3n) is 4.46. The zero-order valence-corrected chi connectivity index (χ0v) is 18.1. The molecule has 188 valence electrons. The van der Waals surface area contributed by atoms with Gasteiger partial charge in [0.05, 0.1) is 25.4 Å². The maximum absolute atomic E-state index is 14.3. The average Bonchev–Trinajstić information content (AvgIpc) is 3.42. The highest BCUT2D eigenvalue weighted by Crippen LogP contribution is 2.25. The number of anilines is 1. The van der Waals surface area contributed by atoms with Crippen LogP contribution in [0.25, 0.3) is 0 Å². The number of aryl methyl sites for hydroxylation is 1. The molecule has 0 aliphatic carbocycles. The molecule has 0 radical (unpaired) electrons. The maximum atomic E-state index is 14.3. The summed E-state index contributed by atoms with van der Waals surface area (Å²) in [6.07, 6.45) is -4.28. The third kappa shape index (κ3) is 7.72. The van der Waals surface area contributed by atoms with E-state index < -0.39 is 42.3 Å². The molecule has 0 fully saturated rings. The molecule has 2 heterocycles. The Bertz CT molecular complexity index is 1180. The highest BCUT2D eigenvalue weighted by Gasteiger charge is 2.31. The van der Waals surface area contributed by atoms with Crippen LogP contribution >= 0.6 is 0 Å². The monoisotopic (exact) mass is 502 g/mol. The van der Waals surface area contributed by atoms with E-state index in [1.165, 1.54) is 28.8 Å². The van der Waals surface area contributed by atoms with Crippen molar-refractivity contribution in [3.63, 3.8) is 0 Å². The van der Waals surface area contributed by atoms with E-state index >= 15 is 0 Å². The molecule has 35 heavy (non-hydrogen) atoms. The van der Waals surface area contributed by atoms with Gasteiger partial charge in [-0.2, -0.15) is 0 Å². The van der Waals surface area contributed by atoms with E-state index in [0.29, 0.717) is 0 Å². The molecular formula is C19H19F5N8O3. The summed E-state index contributed by atoms with van der Waals surface area (Å²) >= 11 is 0. The largest absolute Gasteiger partial charge is 0.573 e. The first-order valence-electron chi connectivity index (χ1n) is 10.0. The van der Waals surface area contributed by atoms with E-state index in [-0.39, 0.29) is 36.6 Å². The molecule has 0 spiro atoms. The van der Waals surface area contributed by atoms with Crippen LogP contribution in [0.5, 0.6) is 5.75 Å². The summed E-state index contributed by atoms with van der Waals surface area (Å²) in [5.74, 6) is -2.78. The number of aromatic nitrogens is 6. The van der Waals surface area contributed by atoms with Gasteiger partial charge >= 0.3 is 6.36 Å². The molecule has 1 atom stereocenters. The van der Waals surface area contributed by atoms with Crippen molar-refractivity contribution >= 4 is 17.6 Å². The highest BCUT2D eigenvalue weighted by atomic mass is 19.4. The Morgan fingerprint density at radius 1 is 1.14 bits per heavy atom. The van der Waals surface area contributed by atoms with E-state index in [9.17, 15) is 31.5 Å². The second-order valence-corrected chi connectivity index (χ2v) is 7.18. The van der Waals surface area contributed by atoms with Gasteiger partial charge in [-0.1, -0.05) is 10.4 Å². The molecule has 3 aromatic rings. The average molecular weight is 502 g/mol. The lowest BCUT2D eigenvalue weighted by Gasteiger charge is -2.10. The first-order valence-corrected chi connectivity index (χ1v) is 10.0. The van der Waals surface area contributed by atoms with Gasteiger partial charge in [-0.25, -0.2) is 13.5 Å². The van der Waals surface area contributed by atoms with Crippen molar-refractivity contribution in [1.29, 1.82) is 0 Å². The number of carbonyl (C=O) groups excluding carboxylic acids is 2. The Labute approximate surface area is 194 Å². The van der Waals surface area contributed by atoms with Gasteiger partial charge in [0.1, 0.15) is 17.7 Å². The Kier molecular flexibility index (Phi) is 7.93. The van der Waals surface area contributed by atoms with E-state index in [1.54, 1.807) is 0 Å². The maximum Gasteiger partial charge on any atom is 0.573 e. The number of alkyl halides is 4. The molecule has 1 aromatic carbocycles. The lowest BCUT2D eigenvalue weighted by Crippen LogP contribution is -2.18. The molecule has 0 saturated carbocycles. The van der Waals surface area contributed by atoms with Gasteiger partial charge in [-0.05, 0) is 18.2 Å². The molecule has 1 unspecified atom stereocenters. The minimum Gasteiger partial charge on any atom is -0.406 e. The number of ether oxygens (including phenoxy) is 1. The van der Waals surface area contributed by atoms with Crippen LogP contribution in [-0.4, -0.2) is 61.4 Å². The standard InChI is InChI=1S/C19H19F5N8O3/c1-25-18(34)15-9-32(29-27-15)8-12(20)4-5-31-10-16(28-30-31)26-17(33)7-11-6-13(2-3-14(11)21)35-19(22,23)24/h2-3,6,9-10,12H,4-5,7-8H2,1H3,(H,25,34)(H,26,33). The summed E-state index contributed by atoms with van der Waals surface area (Å²) in [6, 6.07) is 2.32. The molecule has 16 heteroatoms. The van der Waals surface area contributed by atoms with E-state index in [0.717, 1.165) is 18.2 Å². The summed E-state index contributed by atoms with van der Waals surface area (Å²) in [5.41, 5.74) is -0.263. The molecule has 0 aliphatic heterocycles. The number of benzene rings is 1. The Balaban J connectivity index is 1.49. The van der Waals surface area contributed by atoms with Crippen molar-refractivity contribution in [1.82, 2.24) is 35.3 Å². The number of nitrogens with zero attached hydrogens (tertiary/aromatic N) is 6. The molecule has 0 aliphatic rings. The summed E-state index contributed by atoms with van der Waals surface area (Å²) in [5, 5.41) is 19.5. The van der Waals surface area contributed by atoms with Crippen molar-refractivity contribution in [3.05, 3.63) is 47.7 Å². The number of hydrogen-bond acceptors (Lipinski definition) is 7. The van der Waals surface area contributed by atoms with Crippen LogP contribution in [0.15, 0.2) is 30.6 Å². The minimum absolute atomic E-state index is 0.00310. The number of amides is 2. The van der Waals surface area contributed by atoms with Crippen molar-refractivity contribution in [2.24, 2.45) is 0 Å². The van der Waals surface area contributed by atoms with Crippen LogP contribution in [0.1, 0.15) is 22.5 Å². The van der Waals surface area contributed by atoms with Gasteiger partial charge in [0.2, 0.25) is 5.91 Å². The number of nitrogens with one attached hydrogen (secondary N) is 2. The smallest absolute Gasteiger partial charge is 0.406 e. The Morgan fingerprint density at radius 3 is 2.60 bits per heavy atom. The van der Waals surface area contributed by atoms with E-state index in [1.807, 2.05) is 0 Å². The summed E-state index contributed by atoms with van der Waals surface area (Å²) < 4.78 is 71.3. The molecule has 0 bridgehead atoms. The number of rotatable bonds is 10. The van der Waals surface area contributed by atoms with Gasteiger partial charge in [0.15, 0.2) is 11.5 Å². The van der Waals surface area contributed by atoms with E-state index in [2.05, 4.69) is 36.0 Å². The zero-order chi connectivity index (χ0) is 25.6. The molecular weight excluding hydrogens is 483 g/mol. The van der Waals surface area contributed by atoms with Crippen LogP contribution in [0.2, 0.25) is 0 Å². The summed E-state index contributed by atoms with van der Waals surface area (Å²) in [6.45, 7) is -0.0581. The van der Waals surface area contributed by atoms with Crippen LogP contribution in [-0.2, 0) is 24.3 Å². The van der Waals surface area contributed by atoms with Gasteiger partial charge in [0, 0.05) is 25.6 Å². The van der Waals surface area contributed by atoms with Crippen LogP contribution < -0.4 is 15.4 Å². The quantitative estimate of drug-likeness (QED) is 0.405.